The first-order valence-corrected chi connectivity index (χ1v) is 10.9. The maximum Gasteiger partial charge on any atom is 0.275 e. The molecule has 3 aromatic rings. The van der Waals surface area contributed by atoms with E-state index in [1.165, 1.54) is 24.2 Å². The van der Waals surface area contributed by atoms with Crippen molar-refractivity contribution in [1.82, 2.24) is 14.8 Å². The quantitative estimate of drug-likeness (QED) is 0.418. The van der Waals surface area contributed by atoms with Gasteiger partial charge in [0.2, 0.25) is 11.7 Å². The van der Waals surface area contributed by atoms with Crippen LogP contribution in [0.2, 0.25) is 0 Å². The maximum absolute atomic E-state index is 13.6. The van der Waals surface area contributed by atoms with Gasteiger partial charge in [-0.05, 0) is 36.1 Å². The van der Waals surface area contributed by atoms with E-state index >= 15 is 0 Å². The molecule has 180 valence electrons. The van der Waals surface area contributed by atoms with Crippen LogP contribution in [-0.4, -0.2) is 46.8 Å². The highest BCUT2D eigenvalue weighted by Crippen LogP contribution is 2.47. The number of para-hydroxylation sites is 1. The van der Waals surface area contributed by atoms with E-state index in [1.54, 1.807) is 32.4 Å². The van der Waals surface area contributed by atoms with Crippen molar-refractivity contribution in [2.75, 3.05) is 26.6 Å². The number of benzene rings is 2. The fraction of sp³-hybridized carbons (Fsp3) is 0.292. The number of nitro groups is 1. The number of nitrogens with one attached hydrogen (secondary N) is 1. The summed E-state index contributed by atoms with van der Waals surface area (Å²) < 4.78 is 17.9. The molecule has 35 heavy (non-hydrogen) atoms. The van der Waals surface area contributed by atoms with Crippen LogP contribution in [0.15, 0.2) is 54.0 Å². The molecule has 0 radical (unpaired) electrons. The van der Waals surface area contributed by atoms with Gasteiger partial charge >= 0.3 is 0 Å². The van der Waals surface area contributed by atoms with E-state index < -0.39 is 11.0 Å². The number of aromatic nitrogens is 3. The molecule has 11 nitrogen and oxygen atoms in total. The van der Waals surface area contributed by atoms with Crippen LogP contribution in [0.25, 0.3) is 0 Å². The molecule has 1 N–H and O–H groups in total. The van der Waals surface area contributed by atoms with Crippen molar-refractivity contribution in [2.45, 2.75) is 24.8 Å². The molecule has 0 unspecified atom stereocenters. The first-order valence-electron chi connectivity index (χ1n) is 10.9. The fourth-order valence-corrected chi connectivity index (χ4v) is 4.90. The lowest BCUT2D eigenvalue weighted by Gasteiger charge is -2.35. The molecule has 1 aromatic heterocycles. The zero-order valence-electron chi connectivity index (χ0n) is 19.3. The van der Waals surface area contributed by atoms with E-state index in [-0.39, 0.29) is 23.8 Å². The first-order chi connectivity index (χ1) is 17.0. The number of rotatable bonds is 6. The Hall–Kier alpha value is -4.41. The van der Waals surface area contributed by atoms with Crippen molar-refractivity contribution in [3.8, 4) is 17.2 Å². The maximum atomic E-state index is 13.6. The van der Waals surface area contributed by atoms with Crippen molar-refractivity contribution in [1.29, 1.82) is 0 Å². The molecule has 11 heteroatoms. The van der Waals surface area contributed by atoms with Gasteiger partial charge in [-0.15, -0.1) is 0 Å². The lowest BCUT2D eigenvalue weighted by Crippen LogP contribution is -2.33. The predicted molar refractivity (Wildman–Crippen MR) is 125 cm³/mol. The SMILES string of the molecule is COc1cc([C@H]2CC(=O)C3=C(C2)Nc2ncnn2[C@@H]3c2ccccc2[N+](=O)[O-])cc(OC)c1OC. The molecule has 0 saturated heterocycles. The van der Waals surface area contributed by atoms with Gasteiger partial charge in [-0.3, -0.25) is 14.9 Å². The van der Waals surface area contributed by atoms with Crippen molar-refractivity contribution >= 4 is 17.4 Å². The lowest BCUT2D eigenvalue weighted by molar-refractivity contribution is -0.385. The topological polar surface area (TPSA) is 131 Å². The van der Waals surface area contributed by atoms with E-state index in [4.69, 9.17) is 14.2 Å². The van der Waals surface area contributed by atoms with Gasteiger partial charge in [-0.1, -0.05) is 12.1 Å². The Morgan fingerprint density at radius 1 is 1.09 bits per heavy atom. The summed E-state index contributed by atoms with van der Waals surface area (Å²) in [5, 5.41) is 19.3. The Kier molecular flexibility index (Phi) is 5.59. The highest BCUT2D eigenvalue weighted by molar-refractivity contribution is 6.00. The molecule has 0 amide bonds. The van der Waals surface area contributed by atoms with E-state index in [1.807, 2.05) is 12.1 Å². The number of hydrogen-bond donors (Lipinski definition) is 1. The highest BCUT2D eigenvalue weighted by Gasteiger charge is 2.41. The minimum absolute atomic E-state index is 0.0766. The van der Waals surface area contributed by atoms with Crippen molar-refractivity contribution in [2.24, 2.45) is 0 Å². The average Bonchev–Trinajstić information content (AvgIpc) is 3.34. The zero-order chi connectivity index (χ0) is 24.7. The van der Waals surface area contributed by atoms with E-state index in [2.05, 4.69) is 15.4 Å². The minimum atomic E-state index is -0.751. The Morgan fingerprint density at radius 3 is 2.46 bits per heavy atom. The van der Waals surface area contributed by atoms with Crippen LogP contribution in [-0.2, 0) is 4.79 Å². The van der Waals surface area contributed by atoms with Gasteiger partial charge in [0.1, 0.15) is 12.4 Å². The number of methoxy groups -OCH3 is 3. The van der Waals surface area contributed by atoms with Crippen LogP contribution >= 0.6 is 0 Å². The van der Waals surface area contributed by atoms with Crippen molar-refractivity contribution in [3.63, 3.8) is 0 Å². The van der Waals surface area contributed by atoms with Gasteiger partial charge in [-0.25, -0.2) is 4.68 Å². The number of carbonyl (C=O) groups excluding carboxylic acids is 1. The molecule has 2 aromatic carbocycles. The number of hydrogen-bond acceptors (Lipinski definition) is 9. The number of nitro benzene ring substituents is 1. The van der Waals surface area contributed by atoms with Crippen LogP contribution in [0.3, 0.4) is 0 Å². The average molecular weight is 477 g/mol. The molecule has 2 aliphatic rings. The summed E-state index contributed by atoms with van der Waals surface area (Å²) in [5.74, 6) is 1.60. The molecule has 2 heterocycles. The number of anilines is 1. The van der Waals surface area contributed by atoms with Crippen LogP contribution in [0.4, 0.5) is 11.6 Å². The van der Waals surface area contributed by atoms with Gasteiger partial charge in [-0.2, -0.15) is 10.1 Å². The van der Waals surface area contributed by atoms with Gasteiger partial charge in [0.15, 0.2) is 17.3 Å². The van der Waals surface area contributed by atoms with Crippen molar-refractivity contribution < 1.29 is 23.9 Å². The molecule has 0 fully saturated rings. The van der Waals surface area contributed by atoms with Crippen LogP contribution < -0.4 is 19.5 Å². The molecular formula is C24H23N5O6. The third kappa shape index (κ3) is 3.65. The Morgan fingerprint density at radius 2 is 1.80 bits per heavy atom. The lowest BCUT2D eigenvalue weighted by atomic mass is 9.77. The van der Waals surface area contributed by atoms with Gasteiger partial charge in [0.25, 0.3) is 5.69 Å². The summed E-state index contributed by atoms with van der Waals surface area (Å²) in [5.41, 5.74) is 2.30. The normalized spacial score (nSPS) is 18.9. The first kappa shape index (κ1) is 22.4. The number of ether oxygens (including phenoxy) is 3. The monoisotopic (exact) mass is 477 g/mol. The number of carbonyl (C=O) groups is 1. The number of Topliss-reactive ketones (excluding diaryl/α,β-unsaturated/α-hetero) is 1. The minimum Gasteiger partial charge on any atom is -0.493 e. The number of nitrogens with zero attached hydrogens (tertiary/aromatic N) is 4. The third-order valence-electron chi connectivity index (χ3n) is 6.45. The highest BCUT2D eigenvalue weighted by atomic mass is 16.6. The van der Waals surface area contributed by atoms with E-state index in [0.29, 0.717) is 46.5 Å². The Balaban J connectivity index is 1.61. The number of fused-ring (bicyclic) bond motifs is 1. The smallest absolute Gasteiger partial charge is 0.275 e. The van der Waals surface area contributed by atoms with Crippen LogP contribution in [0.1, 0.15) is 35.9 Å². The predicted octanol–water partition coefficient (Wildman–Crippen LogP) is 3.63. The molecule has 0 bridgehead atoms. The summed E-state index contributed by atoms with van der Waals surface area (Å²) in [6.45, 7) is 0. The number of allylic oxidation sites excluding steroid dienone is 2. The Labute approximate surface area is 200 Å². The van der Waals surface area contributed by atoms with Crippen molar-refractivity contribution in [3.05, 3.63) is 75.2 Å². The van der Waals surface area contributed by atoms with Gasteiger partial charge in [0.05, 0.1) is 31.8 Å². The molecular weight excluding hydrogens is 454 g/mol. The molecule has 2 atom stereocenters. The molecule has 1 aliphatic heterocycles. The fourth-order valence-electron chi connectivity index (χ4n) is 4.90. The molecule has 0 saturated carbocycles. The zero-order valence-corrected chi connectivity index (χ0v) is 19.3. The second-order valence-electron chi connectivity index (χ2n) is 8.25. The summed E-state index contributed by atoms with van der Waals surface area (Å²) >= 11 is 0. The van der Waals surface area contributed by atoms with Crippen LogP contribution in [0, 0.1) is 10.1 Å². The summed E-state index contributed by atoms with van der Waals surface area (Å²) in [4.78, 5) is 29.2. The Bertz CT molecular complexity index is 1340. The molecule has 1 aliphatic carbocycles. The standard InChI is InChI=1S/C24H23N5O6/c1-33-19-10-14(11-20(34-2)23(19)35-3)13-8-16-21(18(30)9-13)22(28-24(27-16)25-12-26-28)15-6-4-5-7-17(15)29(31)32/h4-7,10-13,22H,8-9H2,1-3H3,(H,25,26,27)/t13-,22-/m1/s1. The second-order valence-corrected chi connectivity index (χ2v) is 8.25. The molecule has 0 spiro atoms. The van der Waals surface area contributed by atoms with E-state index in [0.717, 1.165) is 5.56 Å². The molecule has 5 rings (SSSR count). The largest absolute Gasteiger partial charge is 0.493 e. The summed E-state index contributed by atoms with van der Waals surface area (Å²) in [6, 6.07) is 9.34. The summed E-state index contributed by atoms with van der Waals surface area (Å²) in [6.07, 6.45) is 2.06. The van der Waals surface area contributed by atoms with E-state index in [9.17, 15) is 14.9 Å². The summed E-state index contributed by atoms with van der Waals surface area (Å²) in [7, 11) is 4.62. The third-order valence-corrected chi connectivity index (χ3v) is 6.45. The van der Waals surface area contributed by atoms with Gasteiger partial charge in [0, 0.05) is 23.8 Å². The number of ketones is 1. The van der Waals surface area contributed by atoms with Gasteiger partial charge < -0.3 is 19.5 Å². The van der Waals surface area contributed by atoms with Crippen LogP contribution in [0.5, 0.6) is 17.2 Å². The second kappa shape index (κ2) is 8.75.